The Hall–Kier alpha value is -2.62. The van der Waals surface area contributed by atoms with Crippen molar-refractivity contribution in [2.75, 3.05) is 6.61 Å². The Kier molecular flexibility index (Phi) is 6.18. The first kappa shape index (κ1) is 20.1. The number of aliphatic hydroxyl groups excluding tert-OH is 4. The summed E-state index contributed by atoms with van der Waals surface area (Å²) in [5.41, 5.74) is 1.42. The van der Waals surface area contributed by atoms with E-state index in [0.717, 1.165) is 5.56 Å². The van der Waals surface area contributed by atoms with Crippen molar-refractivity contribution in [1.82, 2.24) is 0 Å². The standard InChI is InChI=1S/C20H22O8/c21-10-16-17(24)18(25)19(26)20(28-16)27-15-8-12(7-14(23)9-15)2-1-11-3-5-13(22)6-4-11/h1-9,16-26H,10H2/t16-,17-,18+,19-,20+/m0/s1. The van der Waals surface area contributed by atoms with Gasteiger partial charge in [-0.15, -0.1) is 0 Å². The molecule has 3 rings (SSSR count). The van der Waals surface area contributed by atoms with Crippen LogP contribution >= 0.6 is 0 Å². The number of aliphatic hydroxyl groups is 4. The van der Waals surface area contributed by atoms with Crippen LogP contribution in [0.2, 0.25) is 0 Å². The third kappa shape index (κ3) is 4.61. The zero-order valence-corrected chi connectivity index (χ0v) is 14.8. The van der Waals surface area contributed by atoms with Crippen LogP contribution in [0.5, 0.6) is 17.2 Å². The molecule has 28 heavy (non-hydrogen) atoms. The average Bonchev–Trinajstić information content (AvgIpc) is 2.67. The summed E-state index contributed by atoms with van der Waals surface area (Å²) in [5.74, 6) is 0.229. The molecule has 0 spiro atoms. The minimum Gasteiger partial charge on any atom is -0.508 e. The third-order valence-electron chi connectivity index (χ3n) is 4.38. The molecule has 0 amide bonds. The molecule has 8 heteroatoms. The fourth-order valence-corrected chi connectivity index (χ4v) is 2.85. The summed E-state index contributed by atoms with van der Waals surface area (Å²) in [6, 6.07) is 10.9. The highest BCUT2D eigenvalue weighted by molar-refractivity contribution is 5.71. The van der Waals surface area contributed by atoms with Crippen molar-refractivity contribution < 1.29 is 40.1 Å². The van der Waals surface area contributed by atoms with Crippen molar-refractivity contribution in [3.63, 3.8) is 0 Å². The minimum atomic E-state index is -1.55. The lowest BCUT2D eigenvalue weighted by Crippen LogP contribution is -2.60. The molecule has 2 aromatic carbocycles. The third-order valence-corrected chi connectivity index (χ3v) is 4.38. The van der Waals surface area contributed by atoms with Crippen LogP contribution in [0, 0.1) is 0 Å². The lowest BCUT2D eigenvalue weighted by Gasteiger charge is -2.39. The molecule has 1 aliphatic rings. The Morgan fingerprint density at radius 3 is 2.18 bits per heavy atom. The second-order valence-electron chi connectivity index (χ2n) is 6.50. The highest BCUT2D eigenvalue weighted by Crippen LogP contribution is 2.28. The summed E-state index contributed by atoms with van der Waals surface area (Å²) in [4.78, 5) is 0. The zero-order valence-electron chi connectivity index (χ0n) is 14.8. The highest BCUT2D eigenvalue weighted by atomic mass is 16.7. The highest BCUT2D eigenvalue weighted by Gasteiger charge is 2.44. The number of phenolic OH excluding ortho intramolecular Hbond substituents is 2. The van der Waals surface area contributed by atoms with Crippen molar-refractivity contribution in [2.24, 2.45) is 0 Å². The van der Waals surface area contributed by atoms with Gasteiger partial charge in [-0.3, -0.25) is 0 Å². The van der Waals surface area contributed by atoms with Crippen LogP contribution in [0.25, 0.3) is 12.2 Å². The Morgan fingerprint density at radius 2 is 1.50 bits per heavy atom. The molecule has 2 aromatic rings. The van der Waals surface area contributed by atoms with Gasteiger partial charge in [-0.05, 0) is 35.4 Å². The van der Waals surface area contributed by atoms with Crippen LogP contribution < -0.4 is 4.74 Å². The molecular weight excluding hydrogens is 368 g/mol. The quantitative estimate of drug-likeness (QED) is 0.405. The second kappa shape index (κ2) is 8.59. The van der Waals surface area contributed by atoms with Gasteiger partial charge in [-0.2, -0.15) is 0 Å². The van der Waals surface area contributed by atoms with E-state index in [2.05, 4.69) is 0 Å². The van der Waals surface area contributed by atoms with Gasteiger partial charge in [0.05, 0.1) is 6.61 Å². The lowest BCUT2D eigenvalue weighted by molar-refractivity contribution is -0.277. The molecule has 0 unspecified atom stereocenters. The molecule has 0 aliphatic carbocycles. The van der Waals surface area contributed by atoms with Gasteiger partial charge in [0.1, 0.15) is 41.7 Å². The Bertz CT molecular complexity index is 817. The summed E-state index contributed by atoms with van der Waals surface area (Å²) in [6.07, 6.45) is -3.52. The molecule has 150 valence electrons. The molecule has 0 bridgehead atoms. The van der Waals surface area contributed by atoms with Gasteiger partial charge in [-0.1, -0.05) is 24.3 Å². The van der Waals surface area contributed by atoms with Crippen LogP contribution in [0.4, 0.5) is 0 Å². The molecule has 8 nitrogen and oxygen atoms in total. The lowest BCUT2D eigenvalue weighted by atomic mass is 9.99. The van der Waals surface area contributed by atoms with Gasteiger partial charge in [0.2, 0.25) is 6.29 Å². The van der Waals surface area contributed by atoms with Gasteiger partial charge < -0.3 is 40.1 Å². The predicted molar refractivity (Wildman–Crippen MR) is 99.5 cm³/mol. The first-order valence-corrected chi connectivity index (χ1v) is 8.65. The van der Waals surface area contributed by atoms with Crippen LogP contribution in [0.3, 0.4) is 0 Å². The molecule has 1 fully saturated rings. The summed E-state index contributed by atoms with van der Waals surface area (Å²) < 4.78 is 10.8. The largest absolute Gasteiger partial charge is 0.508 e. The SMILES string of the molecule is OC[C@@H]1O[C@@H](Oc2cc(O)cc(C=Cc3ccc(O)cc3)c2)[C@@H](O)[C@H](O)[C@H]1O. The van der Waals surface area contributed by atoms with Gasteiger partial charge in [0.25, 0.3) is 0 Å². The van der Waals surface area contributed by atoms with E-state index in [0.29, 0.717) is 5.56 Å². The van der Waals surface area contributed by atoms with Crippen molar-refractivity contribution in [1.29, 1.82) is 0 Å². The van der Waals surface area contributed by atoms with E-state index in [1.165, 1.54) is 12.1 Å². The molecule has 1 saturated heterocycles. The van der Waals surface area contributed by atoms with E-state index in [9.17, 15) is 30.6 Å². The van der Waals surface area contributed by atoms with Crippen molar-refractivity contribution in [2.45, 2.75) is 30.7 Å². The minimum absolute atomic E-state index is 0.0903. The first-order valence-electron chi connectivity index (χ1n) is 8.65. The fraction of sp³-hybridized carbons (Fsp3) is 0.300. The van der Waals surface area contributed by atoms with Crippen molar-refractivity contribution in [3.8, 4) is 17.2 Å². The summed E-state index contributed by atoms with van der Waals surface area (Å²) in [6.45, 7) is -0.564. The normalized spacial score (nSPS) is 27.8. The molecule has 1 heterocycles. The number of aromatic hydroxyl groups is 2. The number of ether oxygens (including phenoxy) is 2. The van der Waals surface area contributed by atoms with Crippen molar-refractivity contribution in [3.05, 3.63) is 53.6 Å². The monoisotopic (exact) mass is 390 g/mol. The van der Waals surface area contributed by atoms with E-state index in [1.807, 2.05) is 0 Å². The molecule has 0 aromatic heterocycles. The van der Waals surface area contributed by atoms with E-state index in [-0.39, 0.29) is 17.2 Å². The molecule has 5 atom stereocenters. The van der Waals surface area contributed by atoms with Gasteiger partial charge >= 0.3 is 0 Å². The maximum Gasteiger partial charge on any atom is 0.229 e. The van der Waals surface area contributed by atoms with Gasteiger partial charge in [-0.25, -0.2) is 0 Å². The van der Waals surface area contributed by atoms with E-state index >= 15 is 0 Å². The topological polar surface area (TPSA) is 140 Å². The average molecular weight is 390 g/mol. The number of hydrogen-bond acceptors (Lipinski definition) is 8. The molecule has 0 radical (unpaired) electrons. The number of phenols is 2. The maximum absolute atomic E-state index is 10.1. The summed E-state index contributed by atoms with van der Waals surface area (Å²) >= 11 is 0. The smallest absolute Gasteiger partial charge is 0.229 e. The van der Waals surface area contributed by atoms with Crippen LogP contribution in [0.1, 0.15) is 11.1 Å². The fourth-order valence-electron chi connectivity index (χ4n) is 2.85. The van der Waals surface area contributed by atoms with E-state index < -0.39 is 37.3 Å². The van der Waals surface area contributed by atoms with E-state index in [4.69, 9.17) is 9.47 Å². The summed E-state index contributed by atoms with van der Waals surface area (Å²) in [5, 5.41) is 58.2. The molecular formula is C20H22O8. The molecule has 1 aliphatic heterocycles. The number of benzene rings is 2. The van der Waals surface area contributed by atoms with E-state index in [1.54, 1.807) is 42.5 Å². The van der Waals surface area contributed by atoms with Gasteiger partial charge in [0, 0.05) is 6.07 Å². The molecule has 0 saturated carbocycles. The Morgan fingerprint density at radius 1 is 0.821 bits per heavy atom. The maximum atomic E-state index is 10.1. The summed E-state index contributed by atoms with van der Waals surface area (Å²) in [7, 11) is 0. The second-order valence-corrected chi connectivity index (χ2v) is 6.50. The Labute approximate surface area is 161 Å². The van der Waals surface area contributed by atoms with Gasteiger partial charge in [0.15, 0.2) is 0 Å². The van der Waals surface area contributed by atoms with Crippen LogP contribution in [0.15, 0.2) is 42.5 Å². The van der Waals surface area contributed by atoms with Crippen molar-refractivity contribution >= 4 is 12.2 Å². The van der Waals surface area contributed by atoms with Crippen LogP contribution in [-0.4, -0.2) is 68.0 Å². The van der Waals surface area contributed by atoms with Crippen LogP contribution in [-0.2, 0) is 4.74 Å². The Balaban J connectivity index is 1.76. The number of hydrogen-bond donors (Lipinski definition) is 6. The first-order chi connectivity index (χ1) is 13.4. The predicted octanol–water partition coefficient (Wildman–Crippen LogP) is 0.447. The zero-order chi connectivity index (χ0) is 20.3. The molecule has 6 N–H and O–H groups in total. The number of rotatable bonds is 5.